The third-order valence-corrected chi connectivity index (χ3v) is 6.61. The highest BCUT2D eigenvalue weighted by atomic mass is 16.5. The molecule has 0 spiro atoms. The third kappa shape index (κ3) is 6.61. The average Bonchev–Trinajstić information content (AvgIpc) is 2.95. The van der Waals surface area contributed by atoms with E-state index in [1.54, 1.807) is 24.4 Å². The summed E-state index contributed by atoms with van der Waals surface area (Å²) in [4.78, 5) is 31.0. The Morgan fingerprint density at radius 3 is 2.08 bits per heavy atom. The van der Waals surface area contributed by atoms with Crippen molar-refractivity contribution < 1.29 is 9.53 Å². The van der Waals surface area contributed by atoms with Crippen molar-refractivity contribution in [3.8, 4) is 5.75 Å². The largest absolute Gasteiger partial charge is 0.423 e. The van der Waals surface area contributed by atoms with E-state index < -0.39 is 0 Å². The van der Waals surface area contributed by atoms with Gasteiger partial charge in [0.2, 0.25) is 17.8 Å². The molecule has 3 aromatic rings. The van der Waals surface area contributed by atoms with E-state index in [0.29, 0.717) is 29.2 Å². The molecule has 192 valence electrons. The predicted molar refractivity (Wildman–Crippen MR) is 146 cm³/mol. The van der Waals surface area contributed by atoms with Gasteiger partial charge in [0, 0.05) is 26.2 Å². The molecular formula is C28H33N7O2. The molecule has 5 rings (SSSR count). The molecule has 2 saturated heterocycles. The van der Waals surface area contributed by atoms with E-state index in [0.717, 1.165) is 63.0 Å². The molecule has 2 aliphatic rings. The predicted octanol–water partition coefficient (Wildman–Crippen LogP) is 4.83. The van der Waals surface area contributed by atoms with E-state index in [-0.39, 0.29) is 5.97 Å². The number of ether oxygens (including phenoxy) is 1. The van der Waals surface area contributed by atoms with Crippen LogP contribution in [0.2, 0.25) is 0 Å². The standard InChI is InChI=1S/C28H33N7O2/c1-21-9-8-10-23(19-21)25(36)37-24-13-11-22(12-14-24)20-29-33-26-30-27(34-15-4-2-5-16-34)32-28(31-26)35-17-6-3-7-18-35/h8-14,19-20H,2-7,15-18H2,1H3,(H,30,31,32,33). The molecule has 0 radical (unpaired) electrons. The molecule has 9 nitrogen and oxygen atoms in total. The van der Waals surface area contributed by atoms with Gasteiger partial charge in [-0.05, 0) is 87.4 Å². The van der Waals surface area contributed by atoms with Gasteiger partial charge in [0.1, 0.15) is 5.75 Å². The number of hydrogen-bond acceptors (Lipinski definition) is 9. The van der Waals surface area contributed by atoms with Gasteiger partial charge in [-0.2, -0.15) is 20.1 Å². The zero-order chi connectivity index (χ0) is 25.5. The topological polar surface area (TPSA) is 95.8 Å². The van der Waals surface area contributed by atoms with Crippen LogP contribution in [-0.2, 0) is 0 Å². The van der Waals surface area contributed by atoms with Gasteiger partial charge in [0.15, 0.2) is 0 Å². The summed E-state index contributed by atoms with van der Waals surface area (Å²) in [5, 5.41) is 4.36. The van der Waals surface area contributed by atoms with Crippen molar-refractivity contribution in [2.24, 2.45) is 5.10 Å². The van der Waals surface area contributed by atoms with Crippen LogP contribution < -0.4 is 20.0 Å². The van der Waals surface area contributed by atoms with Crippen LogP contribution in [0.25, 0.3) is 0 Å². The quantitative estimate of drug-likeness (QED) is 0.214. The van der Waals surface area contributed by atoms with Crippen LogP contribution >= 0.6 is 0 Å². The van der Waals surface area contributed by atoms with Crippen LogP contribution in [0.1, 0.15) is 60.0 Å². The maximum Gasteiger partial charge on any atom is 0.343 e. The molecule has 0 atom stereocenters. The van der Waals surface area contributed by atoms with Gasteiger partial charge in [0.25, 0.3) is 0 Å². The van der Waals surface area contributed by atoms with E-state index in [4.69, 9.17) is 9.72 Å². The minimum Gasteiger partial charge on any atom is -0.423 e. The molecule has 2 fully saturated rings. The fourth-order valence-electron chi connectivity index (χ4n) is 4.60. The summed E-state index contributed by atoms with van der Waals surface area (Å²) in [6, 6.07) is 14.5. The summed E-state index contributed by atoms with van der Waals surface area (Å²) in [7, 11) is 0. The maximum atomic E-state index is 12.4. The Hall–Kier alpha value is -4.01. The Morgan fingerprint density at radius 2 is 1.49 bits per heavy atom. The summed E-state index contributed by atoms with van der Waals surface area (Å²) in [5.41, 5.74) is 5.39. The van der Waals surface area contributed by atoms with Crippen molar-refractivity contribution in [2.75, 3.05) is 41.4 Å². The number of rotatable bonds is 7. The van der Waals surface area contributed by atoms with Crippen LogP contribution in [0.4, 0.5) is 17.8 Å². The van der Waals surface area contributed by atoms with Crippen molar-refractivity contribution >= 4 is 30.0 Å². The normalized spacial score (nSPS) is 16.1. The van der Waals surface area contributed by atoms with E-state index >= 15 is 0 Å². The molecule has 3 heterocycles. The number of aromatic nitrogens is 3. The lowest BCUT2D eigenvalue weighted by Crippen LogP contribution is -2.34. The molecule has 0 bridgehead atoms. The molecule has 2 aliphatic heterocycles. The number of nitrogens with one attached hydrogen (secondary N) is 1. The molecule has 1 aromatic heterocycles. The molecule has 1 N–H and O–H groups in total. The molecule has 0 amide bonds. The third-order valence-electron chi connectivity index (χ3n) is 6.61. The summed E-state index contributed by atoms with van der Waals surface area (Å²) in [6.45, 7) is 5.80. The van der Waals surface area contributed by atoms with Gasteiger partial charge in [0.05, 0.1) is 11.8 Å². The van der Waals surface area contributed by atoms with Gasteiger partial charge < -0.3 is 14.5 Å². The number of aryl methyl sites for hydroxylation is 1. The zero-order valence-electron chi connectivity index (χ0n) is 21.3. The van der Waals surface area contributed by atoms with E-state index in [2.05, 4.69) is 30.3 Å². The number of piperidine rings is 2. The lowest BCUT2D eigenvalue weighted by molar-refractivity contribution is 0.0734. The van der Waals surface area contributed by atoms with Gasteiger partial charge >= 0.3 is 5.97 Å². The molecule has 37 heavy (non-hydrogen) atoms. The molecule has 0 saturated carbocycles. The zero-order valence-corrected chi connectivity index (χ0v) is 21.3. The minimum absolute atomic E-state index is 0.379. The first-order valence-corrected chi connectivity index (χ1v) is 13.1. The molecule has 9 heteroatoms. The number of anilines is 3. The molecule has 2 aromatic carbocycles. The Bertz CT molecular complexity index is 1200. The summed E-state index contributed by atoms with van der Waals surface area (Å²) in [5.74, 6) is 1.97. The Labute approximate surface area is 217 Å². The van der Waals surface area contributed by atoms with Crippen molar-refractivity contribution in [3.63, 3.8) is 0 Å². The van der Waals surface area contributed by atoms with Gasteiger partial charge in [-0.25, -0.2) is 10.2 Å². The van der Waals surface area contributed by atoms with Crippen molar-refractivity contribution in [1.82, 2.24) is 15.0 Å². The fourth-order valence-corrected chi connectivity index (χ4v) is 4.60. The monoisotopic (exact) mass is 499 g/mol. The van der Waals surface area contributed by atoms with Crippen LogP contribution in [0.5, 0.6) is 5.75 Å². The first-order valence-electron chi connectivity index (χ1n) is 13.1. The first kappa shape index (κ1) is 24.7. The Kier molecular flexibility index (Phi) is 7.88. The Balaban J connectivity index is 1.25. The fraction of sp³-hybridized carbons (Fsp3) is 0.393. The van der Waals surface area contributed by atoms with Crippen molar-refractivity contribution in [3.05, 3.63) is 65.2 Å². The van der Waals surface area contributed by atoms with Gasteiger partial charge in [-0.15, -0.1) is 0 Å². The maximum absolute atomic E-state index is 12.4. The number of benzene rings is 2. The van der Waals surface area contributed by atoms with Gasteiger partial charge in [-0.3, -0.25) is 0 Å². The number of nitrogens with zero attached hydrogens (tertiary/aromatic N) is 6. The van der Waals surface area contributed by atoms with Crippen LogP contribution in [0.3, 0.4) is 0 Å². The van der Waals surface area contributed by atoms with Crippen LogP contribution in [-0.4, -0.2) is 53.3 Å². The Morgan fingerprint density at radius 1 is 0.865 bits per heavy atom. The second-order valence-corrected chi connectivity index (χ2v) is 9.55. The number of carbonyl (C=O) groups excluding carboxylic acids is 1. The van der Waals surface area contributed by atoms with Crippen LogP contribution in [0, 0.1) is 6.92 Å². The summed E-state index contributed by atoms with van der Waals surface area (Å²) in [6.07, 6.45) is 8.81. The second kappa shape index (κ2) is 11.8. The highest BCUT2D eigenvalue weighted by Crippen LogP contribution is 2.22. The molecule has 0 unspecified atom stereocenters. The number of esters is 1. The molecule has 0 aliphatic carbocycles. The van der Waals surface area contributed by atoms with E-state index in [1.807, 2.05) is 37.3 Å². The van der Waals surface area contributed by atoms with E-state index in [9.17, 15) is 4.79 Å². The molecular weight excluding hydrogens is 466 g/mol. The highest BCUT2D eigenvalue weighted by Gasteiger charge is 2.20. The lowest BCUT2D eigenvalue weighted by Gasteiger charge is -2.30. The van der Waals surface area contributed by atoms with Gasteiger partial charge in [-0.1, -0.05) is 17.7 Å². The van der Waals surface area contributed by atoms with Crippen LogP contribution in [0.15, 0.2) is 53.6 Å². The minimum atomic E-state index is -0.379. The number of hydrazone groups is 1. The van der Waals surface area contributed by atoms with Crippen molar-refractivity contribution in [1.29, 1.82) is 0 Å². The average molecular weight is 500 g/mol. The highest BCUT2D eigenvalue weighted by molar-refractivity contribution is 5.91. The number of carbonyl (C=O) groups is 1. The number of hydrogen-bond donors (Lipinski definition) is 1. The summed E-state index contributed by atoms with van der Waals surface area (Å²) < 4.78 is 5.49. The smallest absolute Gasteiger partial charge is 0.343 e. The second-order valence-electron chi connectivity index (χ2n) is 9.55. The first-order chi connectivity index (χ1) is 18.1. The summed E-state index contributed by atoms with van der Waals surface area (Å²) >= 11 is 0. The lowest BCUT2D eigenvalue weighted by atomic mass is 10.1. The van der Waals surface area contributed by atoms with Crippen molar-refractivity contribution in [2.45, 2.75) is 45.4 Å². The van der Waals surface area contributed by atoms with E-state index in [1.165, 1.54) is 12.8 Å². The SMILES string of the molecule is Cc1cccc(C(=O)Oc2ccc(C=NNc3nc(N4CCCCC4)nc(N4CCCCC4)n3)cc2)c1.